The molecule has 306 valence electrons. The van der Waals surface area contributed by atoms with Crippen LogP contribution in [0, 0.1) is 0 Å². The number of benzene rings is 12. The average molecular weight is 837 g/mol. The van der Waals surface area contributed by atoms with Crippen molar-refractivity contribution in [3.8, 4) is 44.8 Å². The second kappa shape index (κ2) is 14.4. The molecule has 0 fully saturated rings. The van der Waals surface area contributed by atoms with Crippen molar-refractivity contribution >= 4 is 86.7 Å². The summed E-state index contributed by atoms with van der Waals surface area (Å²) in [5.41, 5.74) is 14.5. The maximum absolute atomic E-state index is 2.51. The lowest BCUT2D eigenvalue weighted by Gasteiger charge is -2.19. The van der Waals surface area contributed by atoms with Crippen LogP contribution in [0.25, 0.3) is 131 Å². The van der Waals surface area contributed by atoms with E-state index in [1.54, 1.807) is 0 Å². The Bertz CT molecular complexity index is 4000. The van der Waals surface area contributed by atoms with E-state index in [1.807, 2.05) is 0 Å². The molecule has 14 aromatic rings. The van der Waals surface area contributed by atoms with E-state index in [-0.39, 0.29) is 0 Å². The number of rotatable bonds is 5. The fourth-order valence-electron chi connectivity index (χ4n) is 11.3. The number of fused-ring (bicyclic) bond motifs is 12. The molecule has 2 heterocycles. The van der Waals surface area contributed by atoms with E-state index in [9.17, 15) is 0 Å². The van der Waals surface area contributed by atoms with E-state index in [0.29, 0.717) is 0 Å². The lowest BCUT2D eigenvalue weighted by Crippen LogP contribution is -1.95. The quantitative estimate of drug-likeness (QED) is 0.153. The van der Waals surface area contributed by atoms with Crippen LogP contribution in [0.15, 0.2) is 243 Å². The Morgan fingerprint density at radius 2 is 0.621 bits per heavy atom. The molecule has 0 saturated heterocycles. The molecule has 0 saturated carbocycles. The van der Waals surface area contributed by atoms with Gasteiger partial charge in [0.2, 0.25) is 0 Å². The first-order valence-electron chi connectivity index (χ1n) is 22.9. The minimum atomic E-state index is 1.15. The molecule has 0 aliphatic heterocycles. The van der Waals surface area contributed by atoms with Gasteiger partial charge in [0.25, 0.3) is 0 Å². The van der Waals surface area contributed by atoms with Crippen molar-refractivity contribution in [3.05, 3.63) is 243 Å². The summed E-state index contributed by atoms with van der Waals surface area (Å²) in [5, 5.41) is 14.9. The molecule has 0 unspecified atom stereocenters. The molecule has 0 aliphatic carbocycles. The van der Waals surface area contributed by atoms with Gasteiger partial charge in [0.1, 0.15) is 0 Å². The van der Waals surface area contributed by atoms with Crippen molar-refractivity contribution in [2.24, 2.45) is 0 Å². The lowest BCUT2D eigenvalue weighted by molar-refractivity contribution is 1.19. The predicted molar refractivity (Wildman–Crippen MR) is 281 cm³/mol. The fraction of sp³-hybridized carbons (Fsp3) is 0. The van der Waals surface area contributed by atoms with Crippen LogP contribution >= 0.6 is 0 Å². The summed E-state index contributed by atoms with van der Waals surface area (Å²) in [6.45, 7) is 0. The minimum absolute atomic E-state index is 1.15. The first kappa shape index (κ1) is 36.7. The first-order chi connectivity index (χ1) is 32.8. The Morgan fingerprint density at radius 1 is 0.242 bits per heavy atom. The van der Waals surface area contributed by atoms with Gasteiger partial charge in [-0.2, -0.15) is 0 Å². The summed E-state index contributed by atoms with van der Waals surface area (Å²) in [4.78, 5) is 0. The second-order valence-electron chi connectivity index (χ2n) is 17.5. The highest BCUT2D eigenvalue weighted by molar-refractivity contribution is 6.29. The van der Waals surface area contributed by atoms with E-state index in [0.717, 1.165) is 11.4 Å². The van der Waals surface area contributed by atoms with Crippen LogP contribution < -0.4 is 0 Å². The molecular formula is C64H40N2. The SMILES string of the molecule is c1ccc(-c2c3cccc(-c4cc5ccccc5c5c4c4ccccc4n5-c4ccccc4)c3cc3c(-c4cc5ccccc5c5c4c4ccccc4n5-c4ccccc4)cccc23)cc1. The third-order valence-corrected chi connectivity index (χ3v) is 14.0. The molecule has 0 atom stereocenters. The van der Waals surface area contributed by atoms with Gasteiger partial charge in [-0.05, 0) is 120 Å². The molecule has 0 bridgehead atoms. The summed E-state index contributed by atoms with van der Waals surface area (Å²) < 4.78 is 4.95. The average Bonchev–Trinajstić information content (AvgIpc) is 3.93. The minimum Gasteiger partial charge on any atom is -0.309 e. The van der Waals surface area contributed by atoms with E-state index >= 15 is 0 Å². The number of hydrogen-bond donors (Lipinski definition) is 0. The maximum atomic E-state index is 2.51. The third-order valence-electron chi connectivity index (χ3n) is 14.0. The largest absolute Gasteiger partial charge is 0.309 e. The summed E-state index contributed by atoms with van der Waals surface area (Å²) >= 11 is 0. The smallest absolute Gasteiger partial charge is 0.0625 e. The number of nitrogens with zero attached hydrogens (tertiary/aromatic N) is 2. The Balaban J connectivity index is 1.16. The first-order valence-corrected chi connectivity index (χ1v) is 22.9. The lowest BCUT2D eigenvalue weighted by atomic mass is 9.84. The summed E-state index contributed by atoms with van der Waals surface area (Å²) in [6.07, 6.45) is 0. The fourth-order valence-corrected chi connectivity index (χ4v) is 11.3. The van der Waals surface area contributed by atoms with Crippen molar-refractivity contribution in [2.45, 2.75) is 0 Å². The van der Waals surface area contributed by atoms with Crippen LogP contribution in [0.2, 0.25) is 0 Å². The number of hydrogen-bond acceptors (Lipinski definition) is 0. The number of para-hydroxylation sites is 4. The predicted octanol–water partition coefficient (Wildman–Crippen LogP) is 17.5. The van der Waals surface area contributed by atoms with Gasteiger partial charge in [-0.1, -0.05) is 188 Å². The van der Waals surface area contributed by atoms with Crippen LogP contribution in [-0.2, 0) is 0 Å². The number of aromatic nitrogens is 2. The van der Waals surface area contributed by atoms with Gasteiger partial charge in [-0.3, -0.25) is 0 Å². The highest BCUT2D eigenvalue weighted by Crippen LogP contribution is 2.50. The van der Waals surface area contributed by atoms with Crippen LogP contribution in [0.3, 0.4) is 0 Å². The Hall–Kier alpha value is -8.72. The standard InChI is InChI=1S/C64H40N2/c1-4-20-41(21-5-1)60-50-34-18-32-48(56-38-42-22-10-12-28-46(42)63-61(56)52-30-14-16-36-58(52)65(63)44-24-6-2-7-25-44)54(50)40-55-49(33-19-35-51(55)60)57-39-43-23-11-13-29-47(43)64-62(57)53-31-15-17-37-59(53)66(64)45-26-8-3-9-27-45/h1-40H. The van der Waals surface area contributed by atoms with E-state index in [4.69, 9.17) is 0 Å². The maximum Gasteiger partial charge on any atom is 0.0625 e. The molecule has 0 spiro atoms. The molecule has 2 heteroatoms. The zero-order valence-electron chi connectivity index (χ0n) is 36.0. The molecule has 14 rings (SSSR count). The van der Waals surface area contributed by atoms with E-state index in [2.05, 4.69) is 252 Å². The van der Waals surface area contributed by atoms with Gasteiger partial charge in [0.05, 0.1) is 22.1 Å². The van der Waals surface area contributed by atoms with Crippen molar-refractivity contribution in [1.29, 1.82) is 0 Å². The van der Waals surface area contributed by atoms with Crippen LogP contribution in [-0.4, -0.2) is 9.13 Å². The topological polar surface area (TPSA) is 9.86 Å². The van der Waals surface area contributed by atoms with Gasteiger partial charge in [0.15, 0.2) is 0 Å². The van der Waals surface area contributed by atoms with Gasteiger partial charge in [-0.15, -0.1) is 0 Å². The highest BCUT2D eigenvalue weighted by Gasteiger charge is 2.24. The van der Waals surface area contributed by atoms with Crippen molar-refractivity contribution in [3.63, 3.8) is 0 Å². The third kappa shape index (κ3) is 5.30. The molecular weight excluding hydrogens is 797 g/mol. The van der Waals surface area contributed by atoms with Crippen molar-refractivity contribution in [1.82, 2.24) is 9.13 Å². The van der Waals surface area contributed by atoms with Gasteiger partial charge in [-0.25, -0.2) is 0 Å². The molecule has 0 N–H and O–H groups in total. The van der Waals surface area contributed by atoms with Crippen molar-refractivity contribution in [2.75, 3.05) is 0 Å². The van der Waals surface area contributed by atoms with E-state index in [1.165, 1.54) is 120 Å². The molecule has 0 radical (unpaired) electrons. The zero-order chi connectivity index (χ0) is 43.3. The Morgan fingerprint density at radius 3 is 1.09 bits per heavy atom. The van der Waals surface area contributed by atoms with Gasteiger partial charge in [0, 0.05) is 43.7 Å². The van der Waals surface area contributed by atoms with Crippen LogP contribution in [0.4, 0.5) is 0 Å². The highest BCUT2D eigenvalue weighted by atomic mass is 15.0. The second-order valence-corrected chi connectivity index (χ2v) is 17.5. The summed E-state index contributed by atoms with van der Waals surface area (Å²) in [7, 11) is 0. The molecule has 0 amide bonds. The Kier molecular flexibility index (Phi) is 8.02. The summed E-state index contributed by atoms with van der Waals surface area (Å²) in [6, 6.07) is 89.7. The van der Waals surface area contributed by atoms with E-state index < -0.39 is 0 Å². The van der Waals surface area contributed by atoms with Gasteiger partial charge >= 0.3 is 0 Å². The zero-order valence-corrected chi connectivity index (χ0v) is 36.0. The molecule has 2 aromatic heterocycles. The normalized spacial score (nSPS) is 11.9. The van der Waals surface area contributed by atoms with Crippen molar-refractivity contribution < 1.29 is 0 Å². The van der Waals surface area contributed by atoms with Crippen LogP contribution in [0.1, 0.15) is 0 Å². The van der Waals surface area contributed by atoms with Crippen LogP contribution in [0.5, 0.6) is 0 Å². The monoisotopic (exact) mass is 836 g/mol. The molecule has 66 heavy (non-hydrogen) atoms. The summed E-state index contributed by atoms with van der Waals surface area (Å²) in [5.74, 6) is 0. The molecule has 2 nitrogen and oxygen atoms in total. The molecule has 12 aromatic carbocycles. The molecule has 0 aliphatic rings. The Labute approximate surface area is 381 Å². The van der Waals surface area contributed by atoms with Gasteiger partial charge < -0.3 is 9.13 Å².